The van der Waals surface area contributed by atoms with Crippen LogP contribution in [0, 0.1) is 16.2 Å². The SMILES string of the molecule is CC(C)(C)C1=CCC(N)(C(C)(C)C)C(C(C)(C)C)=C1. The van der Waals surface area contributed by atoms with Crippen LogP contribution in [0.5, 0.6) is 0 Å². The predicted octanol–water partition coefficient (Wildman–Crippen LogP) is 5.08. The summed E-state index contributed by atoms with van der Waals surface area (Å²) in [5.74, 6) is 0. The molecular weight excluding hydrogens is 230 g/mol. The maximum atomic E-state index is 6.86. The van der Waals surface area contributed by atoms with Crippen molar-refractivity contribution in [2.75, 3.05) is 0 Å². The minimum absolute atomic E-state index is 0.0615. The molecule has 0 aliphatic heterocycles. The second kappa shape index (κ2) is 4.48. The van der Waals surface area contributed by atoms with E-state index in [1.165, 1.54) is 11.1 Å². The summed E-state index contributed by atoms with van der Waals surface area (Å²) >= 11 is 0. The van der Waals surface area contributed by atoms with Crippen LogP contribution in [0.15, 0.2) is 23.3 Å². The molecule has 1 heteroatoms. The quantitative estimate of drug-likeness (QED) is 0.648. The van der Waals surface area contributed by atoms with Gasteiger partial charge < -0.3 is 5.73 Å². The molecule has 0 saturated carbocycles. The molecule has 1 rings (SSSR count). The van der Waals surface area contributed by atoms with Crippen molar-refractivity contribution in [3.8, 4) is 0 Å². The van der Waals surface area contributed by atoms with Gasteiger partial charge in [0.25, 0.3) is 0 Å². The molecule has 0 fully saturated rings. The van der Waals surface area contributed by atoms with E-state index in [0.717, 1.165) is 6.42 Å². The summed E-state index contributed by atoms with van der Waals surface area (Å²) in [7, 11) is 0. The minimum Gasteiger partial charge on any atom is -0.321 e. The van der Waals surface area contributed by atoms with Gasteiger partial charge in [0, 0.05) is 5.54 Å². The minimum atomic E-state index is -0.250. The second-order valence-electron chi connectivity index (χ2n) is 9.14. The van der Waals surface area contributed by atoms with E-state index in [-0.39, 0.29) is 21.8 Å². The Labute approximate surface area is 120 Å². The molecule has 2 N–H and O–H groups in total. The smallest absolute Gasteiger partial charge is 0.0461 e. The van der Waals surface area contributed by atoms with Crippen LogP contribution in [0.25, 0.3) is 0 Å². The van der Waals surface area contributed by atoms with Gasteiger partial charge in [-0.1, -0.05) is 74.5 Å². The molecule has 1 aliphatic rings. The third-order valence-electron chi connectivity index (χ3n) is 4.44. The molecule has 19 heavy (non-hydrogen) atoms. The molecule has 1 nitrogen and oxygen atoms in total. The molecule has 1 unspecified atom stereocenters. The third-order valence-corrected chi connectivity index (χ3v) is 4.44. The second-order valence-corrected chi connectivity index (χ2v) is 9.14. The van der Waals surface area contributed by atoms with E-state index in [1.54, 1.807) is 0 Å². The summed E-state index contributed by atoms with van der Waals surface area (Å²) < 4.78 is 0. The highest BCUT2D eigenvalue weighted by molar-refractivity contribution is 5.43. The van der Waals surface area contributed by atoms with E-state index in [0.29, 0.717) is 0 Å². The van der Waals surface area contributed by atoms with Crippen molar-refractivity contribution in [2.45, 2.75) is 74.3 Å². The van der Waals surface area contributed by atoms with E-state index in [2.05, 4.69) is 74.5 Å². The fourth-order valence-electron chi connectivity index (χ4n) is 2.84. The Bertz CT molecular complexity index is 404. The first-order valence-electron chi connectivity index (χ1n) is 7.42. The molecule has 0 bridgehead atoms. The Hall–Kier alpha value is -0.560. The average Bonchev–Trinajstić information content (AvgIpc) is 2.12. The fourth-order valence-corrected chi connectivity index (χ4v) is 2.84. The summed E-state index contributed by atoms with van der Waals surface area (Å²) in [4.78, 5) is 0. The Morgan fingerprint density at radius 2 is 1.37 bits per heavy atom. The Balaban J connectivity index is 3.40. The van der Waals surface area contributed by atoms with Crippen molar-refractivity contribution in [1.29, 1.82) is 0 Å². The van der Waals surface area contributed by atoms with Crippen LogP contribution < -0.4 is 5.73 Å². The summed E-state index contributed by atoms with van der Waals surface area (Å²) in [5, 5.41) is 0. The zero-order valence-electron chi connectivity index (χ0n) is 14.4. The Morgan fingerprint density at radius 1 is 0.895 bits per heavy atom. The lowest BCUT2D eigenvalue weighted by Crippen LogP contribution is -2.56. The van der Waals surface area contributed by atoms with E-state index in [1.807, 2.05) is 0 Å². The maximum Gasteiger partial charge on any atom is 0.0461 e. The highest BCUT2D eigenvalue weighted by Gasteiger charge is 2.46. The first-order valence-corrected chi connectivity index (χ1v) is 7.42. The van der Waals surface area contributed by atoms with E-state index < -0.39 is 0 Å². The van der Waals surface area contributed by atoms with Gasteiger partial charge in [-0.3, -0.25) is 0 Å². The van der Waals surface area contributed by atoms with Crippen LogP contribution in [-0.2, 0) is 0 Å². The first-order chi connectivity index (χ1) is 8.19. The van der Waals surface area contributed by atoms with Crippen molar-refractivity contribution >= 4 is 0 Å². The topological polar surface area (TPSA) is 26.0 Å². The van der Waals surface area contributed by atoms with E-state index in [9.17, 15) is 0 Å². The zero-order valence-corrected chi connectivity index (χ0v) is 14.4. The van der Waals surface area contributed by atoms with Gasteiger partial charge in [0.15, 0.2) is 0 Å². The van der Waals surface area contributed by atoms with Gasteiger partial charge >= 0.3 is 0 Å². The third kappa shape index (κ3) is 3.13. The maximum absolute atomic E-state index is 6.86. The summed E-state index contributed by atoms with van der Waals surface area (Å²) in [6.45, 7) is 20.4. The lowest BCUT2D eigenvalue weighted by Gasteiger charge is -2.50. The van der Waals surface area contributed by atoms with Gasteiger partial charge in [-0.2, -0.15) is 0 Å². The van der Waals surface area contributed by atoms with Gasteiger partial charge in [-0.15, -0.1) is 0 Å². The van der Waals surface area contributed by atoms with Crippen LogP contribution in [0.1, 0.15) is 68.7 Å². The van der Waals surface area contributed by atoms with Crippen LogP contribution in [-0.4, -0.2) is 5.54 Å². The number of allylic oxidation sites excluding steroid dienone is 2. The number of hydrogen-bond donors (Lipinski definition) is 1. The monoisotopic (exact) mass is 263 g/mol. The van der Waals surface area contributed by atoms with Gasteiger partial charge in [-0.25, -0.2) is 0 Å². The van der Waals surface area contributed by atoms with Crippen LogP contribution in [0.2, 0.25) is 0 Å². The lowest BCUT2D eigenvalue weighted by molar-refractivity contribution is 0.193. The Kier molecular flexibility index (Phi) is 3.89. The number of hydrogen-bond acceptors (Lipinski definition) is 1. The highest BCUT2D eigenvalue weighted by Crippen LogP contribution is 2.49. The molecule has 0 aromatic rings. The first kappa shape index (κ1) is 16.5. The molecule has 0 radical (unpaired) electrons. The van der Waals surface area contributed by atoms with Crippen molar-refractivity contribution in [3.05, 3.63) is 23.3 Å². The van der Waals surface area contributed by atoms with E-state index in [4.69, 9.17) is 5.73 Å². The van der Waals surface area contributed by atoms with Crippen molar-refractivity contribution < 1.29 is 0 Å². The zero-order chi connectivity index (χ0) is 15.3. The molecule has 0 saturated heterocycles. The van der Waals surface area contributed by atoms with Gasteiger partial charge in [0.2, 0.25) is 0 Å². The van der Waals surface area contributed by atoms with Crippen molar-refractivity contribution in [3.63, 3.8) is 0 Å². The van der Waals surface area contributed by atoms with E-state index >= 15 is 0 Å². The van der Waals surface area contributed by atoms with Crippen LogP contribution in [0.3, 0.4) is 0 Å². The average molecular weight is 263 g/mol. The largest absolute Gasteiger partial charge is 0.321 e. The molecular formula is C18H33N. The van der Waals surface area contributed by atoms with Gasteiger partial charge in [0.05, 0.1) is 0 Å². The van der Waals surface area contributed by atoms with Crippen LogP contribution in [0.4, 0.5) is 0 Å². The molecule has 1 aliphatic carbocycles. The van der Waals surface area contributed by atoms with Gasteiger partial charge in [0.1, 0.15) is 0 Å². The fraction of sp³-hybridized carbons (Fsp3) is 0.778. The lowest BCUT2D eigenvalue weighted by atomic mass is 9.58. The predicted molar refractivity (Wildman–Crippen MR) is 86.1 cm³/mol. The molecule has 1 atom stereocenters. The normalized spacial score (nSPS) is 26.0. The summed E-state index contributed by atoms with van der Waals surface area (Å²) in [6.07, 6.45) is 5.65. The molecule has 0 aromatic heterocycles. The summed E-state index contributed by atoms with van der Waals surface area (Å²) in [6, 6.07) is 0. The van der Waals surface area contributed by atoms with Crippen LogP contribution >= 0.6 is 0 Å². The Morgan fingerprint density at radius 3 is 1.68 bits per heavy atom. The highest BCUT2D eigenvalue weighted by atomic mass is 14.8. The van der Waals surface area contributed by atoms with Crippen molar-refractivity contribution in [1.82, 2.24) is 0 Å². The molecule has 0 amide bonds. The molecule has 0 spiro atoms. The number of rotatable bonds is 0. The van der Waals surface area contributed by atoms with Crippen molar-refractivity contribution in [2.24, 2.45) is 22.0 Å². The molecule has 0 aromatic carbocycles. The standard InChI is InChI=1S/C18H33N/c1-15(2,3)13-10-11-18(19,17(7,8)9)14(12-13)16(4,5)6/h10,12H,11,19H2,1-9H3. The molecule has 0 heterocycles. The molecule has 110 valence electrons. The number of nitrogens with two attached hydrogens (primary N) is 1. The van der Waals surface area contributed by atoms with Gasteiger partial charge in [-0.05, 0) is 33.8 Å². The summed E-state index contributed by atoms with van der Waals surface area (Å²) in [5.41, 5.74) is 9.77.